The number of hydrogen-bond acceptors (Lipinski definition) is 2. The Kier molecular flexibility index (Phi) is 4.85. The molecule has 3 aromatic rings. The molecule has 1 aliphatic heterocycles. The molecule has 0 unspecified atom stereocenters. The van der Waals surface area contributed by atoms with Crippen LogP contribution in [0.3, 0.4) is 0 Å². The van der Waals surface area contributed by atoms with Crippen LogP contribution in [0.15, 0.2) is 66.0 Å². The molecule has 0 fully saturated rings. The quantitative estimate of drug-likeness (QED) is 0.565. The molecular formula is C21H17F3N2OS. The molecule has 4 rings (SSSR count). The van der Waals surface area contributed by atoms with Crippen molar-refractivity contribution in [3.63, 3.8) is 0 Å². The zero-order chi connectivity index (χ0) is 19.7. The van der Waals surface area contributed by atoms with Gasteiger partial charge in [0.1, 0.15) is 0 Å². The zero-order valence-electron chi connectivity index (χ0n) is 14.7. The Hall–Kier alpha value is -2.80. The van der Waals surface area contributed by atoms with E-state index in [0.717, 1.165) is 29.0 Å². The standard InChI is InChI=1S/C21H17F3N2OS/c22-21(23,24)15-8-6-14(7-9-15)19-17-11-13-28-18(17)10-12-26(19)20(27)25-16-4-2-1-3-5-16/h1-9,11,13,19H,10,12H2,(H,25,27)/t19-/m1/s1. The highest BCUT2D eigenvalue weighted by Crippen LogP contribution is 2.39. The number of fused-ring (bicyclic) bond motifs is 1. The molecule has 1 aromatic heterocycles. The summed E-state index contributed by atoms with van der Waals surface area (Å²) in [5.74, 6) is 0. The van der Waals surface area contributed by atoms with Crippen LogP contribution >= 0.6 is 11.3 Å². The lowest BCUT2D eigenvalue weighted by atomic mass is 9.93. The normalized spacial score (nSPS) is 16.5. The van der Waals surface area contributed by atoms with Crippen molar-refractivity contribution >= 4 is 23.1 Å². The van der Waals surface area contributed by atoms with Crippen LogP contribution in [0.5, 0.6) is 0 Å². The molecule has 1 N–H and O–H groups in total. The molecule has 7 heteroatoms. The predicted molar refractivity (Wildman–Crippen MR) is 103 cm³/mol. The molecule has 2 aromatic carbocycles. The summed E-state index contributed by atoms with van der Waals surface area (Å²) in [6, 6.07) is 15.4. The largest absolute Gasteiger partial charge is 0.416 e. The Morgan fingerprint density at radius 3 is 2.43 bits per heavy atom. The zero-order valence-corrected chi connectivity index (χ0v) is 15.6. The number of amides is 2. The van der Waals surface area contributed by atoms with Crippen molar-refractivity contribution in [1.29, 1.82) is 0 Å². The first-order valence-electron chi connectivity index (χ1n) is 8.79. The van der Waals surface area contributed by atoms with Crippen LogP contribution < -0.4 is 5.32 Å². The van der Waals surface area contributed by atoms with Crippen molar-refractivity contribution in [1.82, 2.24) is 4.90 Å². The van der Waals surface area contributed by atoms with E-state index in [4.69, 9.17) is 0 Å². The summed E-state index contributed by atoms with van der Waals surface area (Å²) in [6.07, 6.45) is -3.66. The Bertz CT molecular complexity index is 967. The number of para-hydroxylation sites is 1. The first-order chi connectivity index (χ1) is 13.4. The summed E-state index contributed by atoms with van der Waals surface area (Å²) in [5, 5.41) is 4.84. The number of urea groups is 1. The van der Waals surface area contributed by atoms with Gasteiger partial charge in [0.2, 0.25) is 0 Å². The molecule has 0 saturated carbocycles. The Balaban J connectivity index is 1.67. The van der Waals surface area contributed by atoms with Gasteiger partial charge < -0.3 is 10.2 Å². The number of nitrogens with zero attached hydrogens (tertiary/aromatic N) is 1. The second-order valence-electron chi connectivity index (χ2n) is 6.56. The molecule has 28 heavy (non-hydrogen) atoms. The van der Waals surface area contributed by atoms with E-state index in [1.807, 2.05) is 29.6 Å². The van der Waals surface area contributed by atoms with E-state index >= 15 is 0 Å². The Morgan fingerprint density at radius 1 is 1.04 bits per heavy atom. The number of alkyl halides is 3. The molecule has 0 bridgehead atoms. The first-order valence-corrected chi connectivity index (χ1v) is 9.67. The maximum absolute atomic E-state index is 12.9. The third kappa shape index (κ3) is 3.62. The van der Waals surface area contributed by atoms with Gasteiger partial charge >= 0.3 is 12.2 Å². The fraction of sp³-hybridized carbons (Fsp3) is 0.190. The molecule has 1 atom stereocenters. The number of thiophene rings is 1. The fourth-order valence-corrected chi connectivity index (χ4v) is 4.37. The topological polar surface area (TPSA) is 32.3 Å². The molecule has 2 amide bonds. The van der Waals surface area contributed by atoms with E-state index in [9.17, 15) is 18.0 Å². The molecule has 144 valence electrons. The van der Waals surface area contributed by atoms with Gasteiger partial charge in [0, 0.05) is 17.1 Å². The smallest absolute Gasteiger partial charge is 0.313 e. The van der Waals surface area contributed by atoms with Gasteiger partial charge in [-0.05, 0) is 53.3 Å². The highest BCUT2D eigenvalue weighted by atomic mass is 32.1. The monoisotopic (exact) mass is 402 g/mol. The second-order valence-corrected chi connectivity index (χ2v) is 7.56. The van der Waals surface area contributed by atoms with Gasteiger partial charge in [-0.2, -0.15) is 13.2 Å². The van der Waals surface area contributed by atoms with Gasteiger partial charge in [-0.15, -0.1) is 11.3 Å². The molecule has 3 nitrogen and oxygen atoms in total. The van der Waals surface area contributed by atoms with E-state index < -0.39 is 17.8 Å². The highest BCUT2D eigenvalue weighted by Gasteiger charge is 2.34. The van der Waals surface area contributed by atoms with Crippen molar-refractivity contribution < 1.29 is 18.0 Å². The van der Waals surface area contributed by atoms with E-state index in [1.54, 1.807) is 28.4 Å². The fourth-order valence-electron chi connectivity index (χ4n) is 3.47. The number of nitrogens with one attached hydrogen (secondary N) is 1. The van der Waals surface area contributed by atoms with Crippen LogP contribution in [0.2, 0.25) is 0 Å². The lowest BCUT2D eigenvalue weighted by Crippen LogP contribution is -2.42. The van der Waals surface area contributed by atoms with Crippen LogP contribution in [-0.2, 0) is 12.6 Å². The summed E-state index contributed by atoms with van der Waals surface area (Å²) in [6.45, 7) is 0.498. The van der Waals surface area contributed by atoms with Crippen molar-refractivity contribution in [2.24, 2.45) is 0 Å². The molecule has 2 heterocycles. The number of benzene rings is 2. The van der Waals surface area contributed by atoms with Gasteiger partial charge in [0.15, 0.2) is 0 Å². The molecule has 0 aliphatic carbocycles. The average molecular weight is 402 g/mol. The van der Waals surface area contributed by atoms with Crippen LogP contribution in [-0.4, -0.2) is 17.5 Å². The van der Waals surface area contributed by atoms with E-state index in [1.165, 1.54) is 12.1 Å². The van der Waals surface area contributed by atoms with E-state index in [-0.39, 0.29) is 6.03 Å². The van der Waals surface area contributed by atoms with Gasteiger partial charge in [-0.1, -0.05) is 30.3 Å². The Morgan fingerprint density at radius 2 is 1.75 bits per heavy atom. The maximum Gasteiger partial charge on any atom is 0.416 e. The summed E-state index contributed by atoms with van der Waals surface area (Å²) >= 11 is 1.61. The summed E-state index contributed by atoms with van der Waals surface area (Å²) in [7, 11) is 0. The number of carbonyl (C=O) groups excluding carboxylic acids is 1. The minimum Gasteiger partial charge on any atom is -0.313 e. The minimum atomic E-state index is -4.39. The van der Waals surface area contributed by atoms with Crippen LogP contribution in [0.4, 0.5) is 23.7 Å². The second kappa shape index (κ2) is 7.31. The molecule has 0 radical (unpaired) electrons. The summed E-state index contributed by atoms with van der Waals surface area (Å²) in [4.78, 5) is 15.8. The minimum absolute atomic E-state index is 0.270. The van der Waals surface area contributed by atoms with Gasteiger partial charge in [0.25, 0.3) is 0 Å². The molecule has 0 spiro atoms. The number of rotatable bonds is 2. The van der Waals surface area contributed by atoms with Crippen LogP contribution in [0.25, 0.3) is 0 Å². The summed E-state index contributed by atoms with van der Waals surface area (Å²) in [5.41, 5.74) is 1.61. The van der Waals surface area contributed by atoms with Gasteiger partial charge in [-0.3, -0.25) is 0 Å². The van der Waals surface area contributed by atoms with Crippen molar-refractivity contribution in [2.75, 3.05) is 11.9 Å². The molecule has 0 saturated heterocycles. The lowest BCUT2D eigenvalue weighted by Gasteiger charge is -2.36. The molecular weight excluding hydrogens is 385 g/mol. The Labute approximate surface area is 164 Å². The SMILES string of the molecule is O=C(Nc1ccccc1)N1CCc2sccc2[C@H]1c1ccc(C(F)(F)F)cc1. The van der Waals surface area contributed by atoms with E-state index in [2.05, 4.69) is 5.32 Å². The highest BCUT2D eigenvalue weighted by molar-refractivity contribution is 7.10. The van der Waals surface area contributed by atoms with Crippen molar-refractivity contribution in [3.8, 4) is 0 Å². The van der Waals surface area contributed by atoms with E-state index in [0.29, 0.717) is 17.8 Å². The number of hydrogen-bond donors (Lipinski definition) is 1. The van der Waals surface area contributed by atoms with Gasteiger partial charge in [-0.25, -0.2) is 4.79 Å². The average Bonchev–Trinajstić information content (AvgIpc) is 3.16. The number of halogens is 3. The number of carbonyl (C=O) groups is 1. The maximum atomic E-state index is 12.9. The molecule has 1 aliphatic rings. The van der Waals surface area contributed by atoms with Crippen molar-refractivity contribution in [2.45, 2.75) is 18.6 Å². The third-order valence-corrected chi connectivity index (χ3v) is 5.80. The van der Waals surface area contributed by atoms with Crippen LogP contribution in [0, 0.1) is 0 Å². The predicted octanol–water partition coefficient (Wildman–Crippen LogP) is 5.95. The lowest BCUT2D eigenvalue weighted by molar-refractivity contribution is -0.137. The van der Waals surface area contributed by atoms with Gasteiger partial charge in [0.05, 0.1) is 11.6 Å². The first kappa shape index (κ1) is 18.6. The summed E-state index contributed by atoms with van der Waals surface area (Å²) < 4.78 is 38.8. The van der Waals surface area contributed by atoms with Crippen molar-refractivity contribution in [3.05, 3.63) is 87.6 Å². The number of anilines is 1. The van der Waals surface area contributed by atoms with Crippen LogP contribution in [0.1, 0.15) is 27.6 Å². The third-order valence-electron chi connectivity index (χ3n) is 4.81.